The van der Waals surface area contributed by atoms with Crippen molar-refractivity contribution in [1.29, 1.82) is 0 Å². The lowest BCUT2D eigenvalue weighted by Crippen LogP contribution is -2.38. The number of carbonyl (C=O) groups excluding carboxylic acids is 1. The van der Waals surface area contributed by atoms with Gasteiger partial charge in [0, 0.05) is 25.7 Å². The monoisotopic (exact) mass is 360 g/mol. The van der Waals surface area contributed by atoms with Crippen molar-refractivity contribution >= 4 is 6.09 Å². The van der Waals surface area contributed by atoms with Crippen LogP contribution in [0.15, 0.2) is 42.5 Å². The maximum atomic E-state index is 12.8. The molecule has 6 nitrogen and oxygen atoms in total. The largest absolute Gasteiger partial charge is 0.508 e. The van der Waals surface area contributed by atoms with Gasteiger partial charge in [-0.1, -0.05) is 18.2 Å². The van der Waals surface area contributed by atoms with Crippen LogP contribution in [-0.2, 0) is 11.4 Å². The summed E-state index contributed by atoms with van der Waals surface area (Å²) in [5, 5.41) is 23.6. The Bertz CT molecular complexity index is 759. The third kappa shape index (κ3) is 4.64. The van der Waals surface area contributed by atoms with Crippen molar-refractivity contribution in [2.24, 2.45) is 0 Å². The van der Waals surface area contributed by atoms with E-state index in [4.69, 9.17) is 4.84 Å². The number of nitrogens with zero attached hydrogens (tertiary/aromatic N) is 1. The molecule has 1 amide bonds. The summed E-state index contributed by atoms with van der Waals surface area (Å²) in [6, 6.07) is 10.5. The number of hydrogen-bond acceptors (Lipinski definition) is 5. The van der Waals surface area contributed by atoms with E-state index < -0.39 is 6.09 Å². The zero-order valence-corrected chi connectivity index (χ0v) is 14.2. The molecular formula is C19H21FN2O4. The molecular weight excluding hydrogens is 339 g/mol. The van der Waals surface area contributed by atoms with Gasteiger partial charge in [-0.3, -0.25) is 0 Å². The van der Waals surface area contributed by atoms with E-state index in [0.29, 0.717) is 13.1 Å². The number of aromatic hydroxyl groups is 2. The summed E-state index contributed by atoms with van der Waals surface area (Å²) < 4.78 is 12.8. The highest BCUT2D eigenvalue weighted by atomic mass is 19.1. The average Bonchev–Trinajstić information content (AvgIpc) is 2.62. The van der Waals surface area contributed by atoms with E-state index in [9.17, 15) is 19.4 Å². The number of halogens is 1. The molecule has 0 aliphatic carbocycles. The van der Waals surface area contributed by atoms with E-state index in [2.05, 4.69) is 5.32 Å². The van der Waals surface area contributed by atoms with Gasteiger partial charge >= 0.3 is 6.09 Å². The second-order valence-corrected chi connectivity index (χ2v) is 6.31. The third-order valence-corrected chi connectivity index (χ3v) is 4.47. The first kappa shape index (κ1) is 18.0. The van der Waals surface area contributed by atoms with Crippen LogP contribution in [-0.4, -0.2) is 34.5 Å². The average molecular weight is 360 g/mol. The molecule has 0 unspecified atom stereocenters. The SMILES string of the molecule is O=C(NCc1ccc(F)cc1)ON1CCC(c2ccc(O)cc2O)CC1. The molecule has 0 bridgehead atoms. The van der Waals surface area contributed by atoms with Crippen molar-refractivity contribution in [2.75, 3.05) is 13.1 Å². The fraction of sp³-hybridized carbons (Fsp3) is 0.316. The maximum absolute atomic E-state index is 12.8. The van der Waals surface area contributed by atoms with Crippen molar-refractivity contribution in [3.8, 4) is 11.5 Å². The van der Waals surface area contributed by atoms with Crippen LogP contribution in [0.2, 0.25) is 0 Å². The molecule has 2 aromatic carbocycles. The van der Waals surface area contributed by atoms with Crippen molar-refractivity contribution in [1.82, 2.24) is 10.4 Å². The molecule has 0 spiro atoms. The predicted molar refractivity (Wildman–Crippen MR) is 93.0 cm³/mol. The van der Waals surface area contributed by atoms with Gasteiger partial charge in [0.15, 0.2) is 0 Å². The summed E-state index contributed by atoms with van der Waals surface area (Å²) >= 11 is 0. The van der Waals surface area contributed by atoms with Crippen molar-refractivity contribution in [3.63, 3.8) is 0 Å². The highest BCUT2D eigenvalue weighted by molar-refractivity contribution is 5.66. The number of phenols is 2. The Labute approximate surface area is 150 Å². The van der Waals surface area contributed by atoms with Crippen molar-refractivity contribution in [2.45, 2.75) is 25.3 Å². The lowest BCUT2D eigenvalue weighted by Gasteiger charge is -2.30. The number of hydroxylamine groups is 2. The van der Waals surface area contributed by atoms with E-state index in [0.717, 1.165) is 24.0 Å². The number of rotatable bonds is 4. The van der Waals surface area contributed by atoms with Crippen LogP contribution < -0.4 is 5.32 Å². The maximum Gasteiger partial charge on any atom is 0.426 e. The van der Waals surface area contributed by atoms with E-state index in [1.807, 2.05) is 0 Å². The van der Waals surface area contributed by atoms with Crippen molar-refractivity contribution in [3.05, 3.63) is 59.4 Å². The minimum atomic E-state index is -0.555. The first-order chi connectivity index (χ1) is 12.5. The zero-order valence-electron chi connectivity index (χ0n) is 14.2. The first-order valence-corrected chi connectivity index (χ1v) is 8.48. The molecule has 7 heteroatoms. The Morgan fingerprint density at radius 2 is 1.85 bits per heavy atom. The highest BCUT2D eigenvalue weighted by Gasteiger charge is 2.25. The molecule has 1 aliphatic heterocycles. The van der Waals surface area contributed by atoms with Gasteiger partial charge in [-0.25, -0.2) is 9.18 Å². The molecule has 138 valence electrons. The third-order valence-electron chi connectivity index (χ3n) is 4.47. The summed E-state index contributed by atoms with van der Waals surface area (Å²) in [5.74, 6) is -0.0529. The van der Waals surface area contributed by atoms with Gasteiger partial charge in [0.1, 0.15) is 17.3 Å². The molecule has 3 rings (SSSR count). The molecule has 0 saturated carbocycles. The lowest BCUT2D eigenvalue weighted by atomic mass is 9.89. The van der Waals surface area contributed by atoms with E-state index in [1.165, 1.54) is 18.2 Å². The Morgan fingerprint density at radius 3 is 2.50 bits per heavy atom. The van der Waals surface area contributed by atoms with Crippen LogP contribution >= 0.6 is 0 Å². The van der Waals surface area contributed by atoms with Crippen LogP contribution in [0.4, 0.5) is 9.18 Å². The Balaban J connectivity index is 1.44. The Kier molecular flexibility index (Phi) is 5.58. The molecule has 26 heavy (non-hydrogen) atoms. The quantitative estimate of drug-likeness (QED) is 0.780. The molecule has 1 aliphatic rings. The Morgan fingerprint density at radius 1 is 1.15 bits per heavy atom. The normalized spacial score (nSPS) is 15.6. The van der Waals surface area contributed by atoms with Gasteiger partial charge in [0.05, 0.1) is 0 Å². The molecule has 0 aromatic heterocycles. The zero-order chi connectivity index (χ0) is 18.5. The van der Waals surface area contributed by atoms with E-state index >= 15 is 0 Å². The van der Waals surface area contributed by atoms with Crippen LogP contribution in [0.1, 0.15) is 29.9 Å². The minimum absolute atomic E-state index is 0.0323. The van der Waals surface area contributed by atoms with Crippen LogP contribution in [0, 0.1) is 5.82 Å². The van der Waals surface area contributed by atoms with Gasteiger partial charge < -0.3 is 20.4 Å². The second-order valence-electron chi connectivity index (χ2n) is 6.31. The first-order valence-electron chi connectivity index (χ1n) is 8.48. The number of carbonyl (C=O) groups is 1. The lowest BCUT2D eigenvalue weighted by molar-refractivity contribution is -0.113. The van der Waals surface area contributed by atoms with E-state index in [1.54, 1.807) is 29.3 Å². The number of phenolic OH excluding ortho intramolecular Hbond substituents is 2. The highest BCUT2D eigenvalue weighted by Crippen LogP contribution is 2.35. The number of nitrogens with one attached hydrogen (secondary N) is 1. The second kappa shape index (κ2) is 8.05. The molecule has 1 heterocycles. The van der Waals surface area contributed by atoms with Gasteiger partial charge in [0.25, 0.3) is 0 Å². The van der Waals surface area contributed by atoms with Gasteiger partial charge in [-0.15, -0.1) is 5.06 Å². The van der Waals surface area contributed by atoms with Crippen LogP contribution in [0.25, 0.3) is 0 Å². The standard InChI is InChI=1S/C19H21FN2O4/c20-15-3-1-13(2-4-15)12-21-19(25)26-22-9-7-14(8-10-22)17-6-5-16(23)11-18(17)24/h1-6,11,14,23-24H,7-10,12H2,(H,21,25). The molecule has 2 aromatic rings. The summed E-state index contributed by atoms with van der Waals surface area (Å²) in [4.78, 5) is 17.2. The minimum Gasteiger partial charge on any atom is -0.508 e. The number of piperidine rings is 1. The smallest absolute Gasteiger partial charge is 0.426 e. The van der Waals surface area contributed by atoms with E-state index in [-0.39, 0.29) is 29.8 Å². The summed E-state index contributed by atoms with van der Waals surface area (Å²) in [7, 11) is 0. The number of hydrogen-bond donors (Lipinski definition) is 3. The topological polar surface area (TPSA) is 82.0 Å². The van der Waals surface area contributed by atoms with Gasteiger partial charge in [-0.2, -0.15) is 0 Å². The molecule has 1 saturated heterocycles. The predicted octanol–water partition coefficient (Wildman–Crippen LogP) is 3.26. The van der Waals surface area contributed by atoms with Gasteiger partial charge in [-0.05, 0) is 48.1 Å². The summed E-state index contributed by atoms with van der Waals surface area (Å²) in [6.45, 7) is 1.36. The fourth-order valence-electron chi connectivity index (χ4n) is 3.06. The van der Waals surface area contributed by atoms with Crippen LogP contribution in [0.3, 0.4) is 0 Å². The van der Waals surface area contributed by atoms with Crippen LogP contribution in [0.5, 0.6) is 11.5 Å². The summed E-state index contributed by atoms with van der Waals surface area (Å²) in [5.41, 5.74) is 1.58. The molecule has 1 fully saturated rings. The molecule has 0 radical (unpaired) electrons. The molecule has 3 N–H and O–H groups in total. The van der Waals surface area contributed by atoms with Gasteiger partial charge in [0.2, 0.25) is 0 Å². The fourth-order valence-corrected chi connectivity index (χ4v) is 3.06. The number of benzene rings is 2. The number of amides is 1. The van der Waals surface area contributed by atoms with Crippen molar-refractivity contribution < 1.29 is 24.2 Å². The molecule has 0 atom stereocenters. The summed E-state index contributed by atoms with van der Waals surface area (Å²) in [6.07, 6.45) is 0.896. The Hall–Kier alpha value is -2.80.